The maximum absolute atomic E-state index is 12.2. The number of hydrogen-bond acceptors (Lipinski definition) is 11. The van der Waals surface area contributed by atoms with E-state index >= 15 is 0 Å². The van der Waals surface area contributed by atoms with Crippen LogP contribution < -0.4 is 30.7 Å². The molecule has 568 valence electrons. The maximum Gasteiger partial charge on any atom is 0.460 e. The molecule has 8 aromatic rings. The minimum absolute atomic E-state index is 0.179. The van der Waals surface area contributed by atoms with Gasteiger partial charge in [-0.05, 0) is 146 Å². The molecular weight excluding hydrogens is 1700 g/mol. The van der Waals surface area contributed by atoms with Crippen molar-refractivity contribution in [2.24, 2.45) is 0 Å². The van der Waals surface area contributed by atoms with Crippen LogP contribution in [-0.2, 0) is 52.1 Å². The second kappa shape index (κ2) is 32.0. The largest absolute Gasteiger partial charge is 0.743 e. The van der Waals surface area contributed by atoms with Crippen LogP contribution in [0.2, 0.25) is 0 Å². The topological polar surface area (TPSA) is 190 Å². The van der Waals surface area contributed by atoms with Crippen molar-refractivity contribution in [3.05, 3.63) is 226 Å². The summed E-state index contributed by atoms with van der Waals surface area (Å²) in [6.07, 6.45) is -21.5. The van der Waals surface area contributed by atoms with Crippen LogP contribution in [0.25, 0.3) is 0 Å². The summed E-state index contributed by atoms with van der Waals surface area (Å²) in [4.78, 5) is 7.73. The lowest BCUT2D eigenvalue weighted by Gasteiger charge is -2.34. The van der Waals surface area contributed by atoms with E-state index in [2.05, 4.69) is 218 Å². The van der Waals surface area contributed by atoms with E-state index in [-0.39, 0.29) is 43.0 Å². The van der Waals surface area contributed by atoms with Gasteiger partial charge in [-0.3, -0.25) is 0 Å². The van der Waals surface area contributed by atoms with Crippen molar-refractivity contribution >= 4 is 52.1 Å². The Bertz CT molecular complexity index is 4050. The molecule has 0 saturated heterocycles. The summed E-state index contributed by atoms with van der Waals surface area (Å²) in [7, 11) is -22.6. The van der Waals surface area contributed by atoms with E-state index in [1.54, 1.807) is 0 Å². The molecule has 0 N–H and O–H groups in total. The van der Waals surface area contributed by atoms with E-state index in [4.69, 9.17) is 9.47 Å². The highest BCUT2D eigenvalue weighted by Crippen LogP contribution is 2.57. The summed E-state index contributed by atoms with van der Waals surface area (Å²) in [6, 6.07) is 76.9. The van der Waals surface area contributed by atoms with Crippen LogP contribution in [0.15, 0.2) is 248 Å². The van der Waals surface area contributed by atoms with Gasteiger partial charge in [-0.1, -0.05) is 72.8 Å². The third-order valence-electron chi connectivity index (χ3n) is 12.6. The SMILES string of the molecule is O=S(=O)([O-])C(F)(F)C(F)(F)C(F)(F)C(F)(F)F.O=S(=O)([O-])C(F)(F)C(F)(F)C(F)(F)C(F)(F)F.O=S(=O)([O-])C(F)(F)C(F)(F)C(F)(F)C(F)(F)F.c1ccc([S+](c2ccccc2)c2ccc(Oc3ccc([I+]c4ccc(Oc5ccc([S+](c6ccccc6)c6ccccc6)cc5)cc4)cc3)cc2)cc1. The molecule has 0 aliphatic carbocycles. The van der Waals surface area contributed by atoms with Gasteiger partial charge < -0.3 is 23.1 Å². The third-order valence-corrected chi connectivity index (χ3v) is 22.4. The Morgan fingerprint density at radius 3 is 0.567 bits per heavy atom. The number of rotatable bonds is 21. The Labute approximate surface area is 584 Å². The lowest BCUT2D eigenvalue weighted by atomic mass is 10.1. The quantitative estimate of drug-likeness (QED) is 0.0288. The summed E-state index contributed by atoms with van der Waals surface area (Å²) in [5.41, 5.74) is 0. The first-order chi connectivity index (χ1) is 47.2. The molecule has 0 saturated carbocycles. The molecule has 104 heavy (non-hydrogen) atoms. The molecule has 0 bridgehead atoms. The van der Waals surface area contributed by atoms with E-state index in [9.17, 15) is 157 Å². The third kappa shape index (κ3) is 19.1. The molecule has 0 heterocycles. The van der Waals surface area contributed by atoms with Crippen LogP contribution >= 0.6 is 0 Å². The minimum Gasteiger partial charge on any atom is -0.743 e. The minimum atomic E-state index is -7.43. The van der Waals surface area contributed by atoms with Crippen molar-refractivity contribution in [1.29, 1.82) is 0 Å². The number of hydrogen-bond donors (Lipinski definition) is 0. The van der Waals surface area contributed by atoms with Gasteiger partial charge in [0, 0.05) is 0 Å². The van der Waals surface area contributed by atoms with Gasteiger partial charge in [-0.15, -0.1) is 0 Å². The van der Waals surface area contributed by atoms with E-state index in [1.165, 1.54) is 36.5 Å². The summed E-state index contributed by atoms with van der Waals surface area (Å²) in [5, 5.41) is -21.3. The van der Waals surface area contributed by atoms with E-state index in [1.807, 2.05) is 0 Å². The van der Waals surface area contributed by atoms with Crippen LogP contribution in [-0.4, -0.2) is 109 Å². The van der Waals surface area contributed by atoms with Crippen LogP contribution in [0.1, 0.15) is 0 Å². The molecule has 0 fully saturated rings. The first kappa shape index (κ1) is 87.3. The first-order valence-electron chi connectivity index (χ1n) is 26.8. The summed E-state index contributed by atoms with van der Waals surface area (Å²) in [6.45, 7) is 0. The Morgan fingerprint density at radius 1 is 0.240 bits per heavy atom. The standard InChI is InChI=1S/C48H36IO2S2.3C4HF9O3S/c1-5-13-43(14-6-1)52(44-15-7-2-8-16-44)47-33-29-41(30-34-47)50-39-25-21-37(22-26-39)49-38-23-27-40(28-24-38)51-42-31-35-48(36-32-42)53(45-17-9-3-10-18-45)46-19-11-4-12-20-46;3*5-1(6,3(9,10)11)2(7,8)4(12,13)17(14,15)16/h1-36H;3*(H,14,15,16)/q+3;;;/p-3. The molecule has 0 unspecified atom stereocenters. The fraction of sp³-hybridized carbons (Fsp3) is 0.200. The molecule has 0 aliphatic heterocycles. The van der Waals surface area contributed by atoms with Crippen molar-refractivity contribution in [2.45, 2.75) is 99.2 Å². The van der Waals surface area contributed by atoms with Crippen molar-refractivity contribution in [1.82, 2.24) is 0 Å². The molecule has 0 aliphatic rings. The fourth-order valence-corrected chi connectivity index (χ4v) is 15.1. The van der Waals surface area contributed by atoms with E-state index in [0.717, 1.165) is 23.0 Å². The second-order valence-corrected chi connectivity index (χ2v) is 31.2. The second-order valence-electron chi connectivity index (χ2n) is 19.9. The van der Waals surface area contributed by atoms with Gasteiger partial charge in [0.15, 0.2) is 66.9 Å². The lowest BCUT2D eigenvalue weighted by molar-refractivity contribution is -0.597. The average molecular weight is 1730 g/mol. The molecule has 0 spiro atoms. The molecular formula is C60H36F27IO11S5. The van der Waals surface area contributed by atoms with Gasteiger partial charge in [-0.2, -0.15) is 119 Å². The van der Waals surface area contributed by atoms with Crippen LogP contribution in [0, 0.1) is 7.14 Å². The number of ether oxygens (including phenoxy) is 2. The molecule has 0 aromatic heterocycles. The Morgan fingerprint density at radius 2 is 0.404 bits per heavy atom. The number of benzene rings is 8. The van der Waals surface area contributed by atoms with Crippen LogP contribution in [0.3, 0.4) is 0 Å². The average Bonchev–Trinajstić information content (AvgIpc) is 0.740. The molecule has 0 amide bonds. The zero-order valence-electron chi connectivity index (χ0n) is 49.9. The highest BCUT2D eigenvalue weighted by Gasteiger charge is 2.86. The Kier molecular flexibility index (Phi) is 26.8. The van der Waals surface area contributed by atoms with Crippen molar-refractivity contribution in [3.63, 3.8) is 0 Å². The van der Waals surface area contributed by atoms with Gasteiger partial charge in [0.05, 0.1) is 21.8 Å². The van der Waals surface area contributed by atoms with E-state index in [0.29, 0.717) is 0 Å². The molecule has 0 radical (unpaired) electrons. The van der Waals surface area contributed by atoms with Crippen molar-refractivity contribution in [2.75, 3.05) is 0 Å². The van der Waals surface area contributed by atoms with Gasteiger partial charge in [0.2, 0.25) is 0 Å². The number of halogens is 28. The predicted molar refractivity (Wildman–Crippen MR) is 305 cm³/mol. The Balaban J connectivity index is 0.000000311. The normalized spacial score (nSPS) is 13.5. The monoisotopic (exact) mass is 1730 g/mol. The van der Waals surface area contributed by atoms with Gasteiger partial charge in [-0.25, -0.2) is 25.3 Å². The zero-order chi connectivity index (χ0) is 79.2. The highest BCUT2D eigenvalue weighted by atomic mass is 127. The summed E-state index contributed by atoms with van der Waals surface area (Å²) < 4.78 is 421. The van der Waals surface area contributed by atoms with E-state index < -0.39 is 100 Å². The molecule has 8 rings (SSSR count). The highest BCUT2D eigenvalue weighted by molar-refractivity contribution is 7.97. The van der Waals surface area contributed by atoms with Crippen LogP contribution in [0.4, 0.5) is 119 Å². The predicted octanol–water partition coefficient (Wildman–Crippen LogP) is 15.5. The van der Waals surface area contributed by atoms with Crippen molar-refractivity contribution < 1.29 is 188 Å². The smallest absolute Gasteiger partial charge is 0.460 e. The fourth-order valence-electron chi connectivity index (χ4n) is 7.41. The first-order valence-corrected chi connectivity index (χ1v) is 35.6. The van der Waals surface area contributed by atoms with Gasteiger partial charge >= 0.3 is 91.0 Å². The molecule has 11 nitrogen and oxygen atoms in total. The van der Waals surface area contributed by atoms with Gasteiger partial charge in [0.25, 0.3) is 0 Å². The number of alkyl halides is 27. The van der Waals surface area contributed by atoms with Crippen LogP contribution in [0.5, 0.6) is 23.0 Å². The molecule has 44 heteroatoms. The maximum atomic E-state index is 12.2. The molecule has 0 atom stereocenters. The summed E-state index contributed by atoms with van der Waals surface area (Å²) in [5.74, 6) is -41.1. The summed E-state index contributed by atoms with van der Waals surface area (Å²) >= 11 is -0.341. The zero-order valence-corrected chi connectivity index (χ0v) is 56.1. The molecule has 8 aromatic carbocycles. The van der Waals surface area contributed by atoms with Crippen molar-refractivity contribution in [3.8, 4) is 23.0 Å². The van der Waals surface area contributed by atoms with Gasteiger partial charge in [0.1, 0.15) is 23.0 Å². The lowest BCUT2D eigenvalue weighted by Crippen LogP contribution is -3.61. The Hall–Kier alpha value is -7.37.